The second kappa shape index (κ2) is 7.73. The van der Waals surface area contributed by atoms with Crippen LogP contribution in [0.2, 0.25) is 0 Å². The van der Waals surface area contributed by atoms with E-state index >= 15 is 0 Å². The van der Waals surface area contributed by atoms with Crippen LogP contribution in [0.25, 0.3) is 0 Å². The van der Waals surface area contributed by atoms with E-state index in [0.29, 0.717) is 0 Å². The fourth-order valence-corrected chi connectivity index (χ4v) is 2.53. The third-order valence-corrected chi connectivity index (χ3v) is 3.44. The zero-order valence-electron chi connectivity index (χ0n) is 12.7. The summed E-state index contributed by atoms with van der Waals surface area (Å²) in [5, 5.41) is 2.98. The Bertz CT molecular complexity index is 274. The van der Waals surface area contributed by atoms with E-state index in [9.17, 15) is 4.79 Å². The van der Waals surface area contributed by atoms with Crippen molar-refractivity contribution in [2.75, 3.05) is 0 Å². The van der Waals surface area contributed by atoms with Crippen molar-refractivity contribution in [1.29, 1.82) is 0 Å². The number of nitrogens with one attached hydrogen (secondary N) is 1. The smallest absolute Gasteiger partial charge is 0.407 e. The van der Waals surface area contributed by atoms with Gasteiger partial charge in [0.15, 0.2) is 0 Å². The largest absolute Gasteiger partial charge is 0.444 e. The fourth-order valence-electron chi connectivity index (χ4n) is 2.53. The number of rotatable bonds is 1. The molecule has 1 fully saturated rings. The van der Waals surface area contributed by atoms with Crippen LogP contribution in [0.1, 0.15) is 72.1 Å². The van der Waals surface area contributed by atoms with Crippen LogP contribution in [0, 0.1) is 0 Å². The highest BCUT2D eigenvalue weighted by Gasteiger charge is 2.21. The quantitative estimate of drug-likeness (QED) is 0.768. The molecule has 19 heavy (non-hydrogen) atoms. The van der Waals surface area contributed by atoms with E-state index in [1.54, 1.807) is 0 Å². The zero-order valence-corrected chi connectivity index (χ0v) is 12.7. The Morgan fingerprint density at radius 1 is 1.11 bits per heavy atom. The van der Waals surface area contributed by atoms with Gasteiger partial charge in [-0.05, 0) is 40.0 Å². The Morgan fingerprint density at radius 2 is 1.68 bits per heavy atom. The lowest BCUT2D eigenvalue weighted by Gasteiger charge is -2.26. The number of hydrogen-bond acceptors (Lipinski definition) is 3. The lowest BCUT2D eigenvalue weighted by Crippen LogP contribution is -2.42. The van der Waals surface area contributed by atoms with Crippen molar-refractivity contribution in [3.05, 3.63) is 0 Å². The van der Waals surface area contributed by atoms with Gasteiger partial charge in [0.1, 0.15) is 5.60 Å². The van der Waals surface area contributed by atoms with Crippen LogP contribution in [0.5, 0.6) is 0 Å². The maximum Gasteiger partial charge on any atom is 0.407 e. The number of nitrogens with two attached hydrogens (primary N) is 1. The molecule has 0 heterocycles. The van der Waals surface area contributed by atoms with Crippen molar-refractivity contribution >= 4 is 6.09 Å². The predicted octanol–water partition coefficient (Wildman–Crippen LogP) is 3.34. The van der Waals surface area contributed by atoms with Gasteiger partial charge in [-0.3, -0.25) is 0 Å². The summed E-state index contributed by atoms with van der Waals surface area (Å²) < 4.78 is 5.31. The van der Waals surface area contributed by atoms with Crippen LogP contribution in [-0.2, 0) is 4.74 Å². The van der Waals surface area contributed by atoms with Crippen LogP contribution < -0.4 is 11.1 Å². The molecule has 0 spiro atoms. The molecule has 2 atom stereocenters. The molecule has 0 aromatic heterocycles. The van der Waals surface area contributed by atoms with Gasteiger partial charge in [-0.2, -0.15) is 0 Å². The van der Waals surface area contributed by atoms with E-state index in [1.807, 2.05) is 20.8 Å². The minimum absolute atomic E-state index is 0.156. The summed E-state index contributed by atoms with van der Waals surface area (Å²) in [4.78, 5) is 11.8. The van der Waals surface area contributed by atoms with Crippen molar-refractivity contribution in [2.45, 2.75) is 89.8 Å². The van der Waals surface area contributed by atoms with Crippen molar-refractivity contribution in [3.63, 3.8) is 0 Å². The Labute approximate surface area is 117 Å². The third kappa shape index (κ3) is 8.09. The molecule has 0 aromatic rings. The average Bonchev–Trinajstić information content (AvgIpc) is 2.24. The second-order valence-corrected chi connectivity index (χ2v) is 6.68. The summed E-state index contributed by atoms with van der Waals surface area (Å²) in [5.41, 5.74) is 5.68. The summed E-state index contributed by atoms with van der Waals surface area (Å²) in [6.07, 6.45) is 8.80. The Morgan fingerprint density at radius 3 is 2.32 bits per heavy atom. The first kappa shape index (κ1) is 16.3. The van der Waals surface area contributed by atoms with E-state index in [4.69, 9.17) is 10.5 Å². The highest BCUT2D eigenvalue weighted by atomic mass is 16.6. The molecule has 1 amide bonds. The molecule has 4 heteroatoms. The molecule has 0 aromatic carbocycles. The van der Waals surface area contributed by atoms with Gasteiger partial charge in [0, 0.05) is 12.1 Å². The summed E-state index contributed by atoms with van der Waals surface area (Å²) in [6, 6.07) is 0.348. The highest BCUT2D eigenvalue weighted by molar-refractivity contribution is 5.68. The van der Waals surface area contributed by atoms with Crippen molar-refractivity contribution in [1.82, 2.24) is 5.32 Å². The van der Waals surface area contributed by atoms with Gasteiger partial charge >= 0.3 is 6.09 Å². The number of hydrogen-bond donors (Lipinski definition) is 2. The van der Waals surface area contributed by atoms with E-state index in [2.05, 4.69) is 5.32 Å². The van der Waals surface area contributed by atoms with Crippen LogP contribution in [0.15, 0.2) is 0 Å². The fraction of sp³-hybridized carbons (Fsp3) is 0.933. The van der Waals surface area contributed by atoms with E-state index in [1.165, 1.54) is 25.7 Å². The van der Waals surface area contributed by atoms with E-state index in [0.717, 1.165) is 25.7 Å². The van der Waals surface area contributed by atoms with Gasteiger partial charge in [0.25, 0.3) is 0 Å². The van der Waals surface area contributed by atoms with Crippen molar-refractivity contribution in [3.8, 4) is 0 Å². The number of carbonyl (C=O) groups is 1. The molecule has 1 rings (SSSR count). The summed E-state index contributed by atoms with van der Waals surface area (Å²) in [5.74, 6) is 0. The number of ether oxygens (including phenoxy) is 1. The maximum atomic E-state index is 11.8. The Kier molecular flexibility index (Phi) is 6.63. The normalized spacial score (nSPS) is 26.5. The van der Waals surface area contributed by atoms with Crippen LogP contribution >= 0.6 is 0 Å². The standard InChI is InChI=1S/C15H30N2O2/c1-15(2,3)19-14(18)17-13-10-8-6-4-5-7-9-12(16)11-13/h12-13H,4-11,16H2,1-3H3,(H,17,18). The molecule has 2 unspecified atom stereocenters. The predicted molar refractivity (Wildman–Crippen MR) is 78.1 cm³/mol. The second-order valence-electron chi connectivity index (χ2n) is 6.68. The highest BCUT2D eigenvalue weighted by Crippen LogP contribution is 2.17. The van der Waals surface area contributed by atoms with Crippen molar-refractivity contribution < 1.29 is 9.53 Å². The van der Waals surface area contributed by atoms with Crippen molar-refractivity contribution in [2.24, 2.45) is 5.73 Å². The number of carbonyl (C=O) groups excluding carboxylic acids is 1. The molecule has 0 saturated heterocycles. The molecule has 0 radical (unpaired) electrons. The molecule has 1 aliphatic rings. The first-order valence-corrected chi connectivity index (χ1v) is 7.62. The van der Waals surface area contributed by atoms with Crippen LogP contribution in [0.3, 0.4) is 0 Å². The van der Waals surface area contributed by atoms with Crippen LogP contribution in [-0.4, -0.2) is 23.8 Å². The van der Waals surface area contributed by atoms with Gasteiger partial charge in [-0.1, -0.05) is 32.1 Å². The first-order chi connectivity index (χ1) is 8.87. The molecule has 0 bridgehead atoms. The zero-order chi connectivity index (χ0) is 14.3. The lowest BCUT2D eigenvalue weighted by molar-refractivity contribution is 0.0496. The Hall–Kier alpha value is -0.770. The molecule has 1 aliphatic carbocycles. The van der Waals surface area contributed by atoms with E-state index < -0.39 is 5.60 Å². The Balaban J connectivity index is 2.44. The molecule has 3 N–H and O–H groups in total. The van der Waals surface area contributed by atoms with Gasteiger partial charge in [0.05, 0.1) is 0 Å². The molecule has 0 aliphatic heterocycles. The topological polar surface area (TPSA) is 64.3 Å². The maximum absolute atomic E-state index is 11.8. The lowest BCUT2D eigenvalue weighted by atomic mass is 9.95. The number of alkyl carbamates (subject to hydrolysis) is 1. The minimum Gasteiger partial charge on any atom is -0.444 e. The van der Waals surface area contributed by atoms with Gasteiger partial charge in [-0.25, -0.2) is 4.79 Å². The summed E-state index contributed by atoms with van der Waals surface area (Å²) in [6.45, 7) is 5.64. The SMILES string of the molecule is CC(C)(C)OC(=O)NC1CCCCCCCC(N)C1. The van der Waals surface area contributed by atoms with Gasteiger partial charge < -0.3 is 15.8 Å². The minimum atomic E-state index is -0.442. The van der Waals surface area contributed by atoms with Gasteiger partial charge in [-0.15, -0.1) is 0 Å². The first-order valence-electron chi connectivity index (χ1n) is 7.62. The molecule has 1 saturated carbocycles. The average molecular weight is 270 g/mol. The summed E-state index contributed by atoms with van der Waals surface area (Å²) >= 11 is 0. The van der Waals surface area contributed by atoms with Crippen LogP contribution in [0.4, 0.5) is 4.79 Å². The summed E-state index contributed by atoms with van der Waals surface area (Å²) in [7, 11) is 0. The molecule has 4 nitrogen and oxygen atoms in total. The molecular formula is C15H30N2O2. The van der Waals surface area contributed by atoms with Gasteiger partial charge in [0.2, 0.25) is 0 Å². The monoisotopic (exact) mass is 270 g/mol. The molecule has 112 valence electrons. The van der Waals surface area contributed by atoms with E-state index in [-0.39, 0.29) is 18.2 Å². The third-order valence-electron chi connectivity index (χ3n) is 3.44. The number of amides is 1. The molecular weight excluding hydrogens is 240 g/mol.